The van der Waals surface area contributed by atoms with Crippen molar-refractivity contribution < 1.29 is 9.32 Å². The second kappa shape index (κ2) is 5.31. The average molecular weight is 237 g/mol. The first-order valence-electron chi connectivity index (χ1n) is 6.05. The van der Waals surface area contributed by atoms with E-state index in [2.05, 4.69) is 22.4 Å². The van der Waals surface area contributed by atoms with Gasteiger partial charge in [0.2, 0.25) is 0 Å². The molecule has 1 aliphatic heterocycles. The molecule has 5 nitrogen and oxygen atoms in total. The number of carbonyl (C=O) groups excluding carboxylic acids is 1. The smallest absolute Gasteiger partial charge is 0.256 e. The van der Waals surface area contributed by atoms with E-state index in [0.717, 1.165) is 32.5 Å². The van der Waals surface area contributed by atoms with Gasteiger partial charge in [-0.25, -0.2) is 0 Å². The van der Waals surface area contributed by atoms with Crippen molar-refractivity contribution in [2.45, 2.75) is 19.8 Å². The van der Waals surface area contributed by atoms with Gasteiger partial charge in [0, 0.05) is 6.54 Å². The summed E-state index contributed by atoms with van der Waals surface area (Å²) in [4.78, 5) is 14.1. The van der Waals surface area contributed by atoms with Crippen LogP contribution in [0.15, 0.2) is 10.7 Å². The van der Waals surface area contributed by atoms with Crippen molar-refractivity contribution in [3.63, 3.8) is 0 Å². The first-order valence-corrected chi connectivity index (χ1v) is 6.05. The fraction of sp³-hybridized carbons (Fsp3) is 0.667. The first-order chi connectivity index (χ1) is 8.16. The predicted octanol–water partition coefficient (Wildman–Crippen LogP) is 1.05. The number of nitrogens with zero attached hydrogens (tertiary/aromatic N) is 2. The third kappa shape index (κ3) is 3.06. The van der Waals surface area contributed by atoms with Crippen LogP contribution in [0.4, 0.5) is 0 Å². The van der Waals surface area contributed by atoms with Crippen molar-refractivity contribution in [3.05, 3.63) is 17.5 Å². The van der Waals surface area contributed by atoms with Crippen LogP contribution in [0.5, 0.6) is 0 Å². The number of amides is 1. The fourth-order valence-electron chi connectivity index (χ4n) is 2.12. The summed E-state index contributed by atoms with van der Waals surface area (Å²) in [5, 5.41) is 6.56. The summed E-state index contributed by atoms with van der Waals surface area (Å²) >= 11 is 0. The number of hydrogen-bond donors (Lipinski definition) is 1. The molecule has 0 radical (unpaired) electrons. The molecule has 17 heavy (non-hydrogen) atoms. The van der Waals surface area contributed by atoms with E-state index in [0.29, 0.717) is 17.2 Å². The number of aromatic nitrogens is 1. The molecule has 1 N–H and O–H groups in total. The number of likely N-dealkylation sites (tertiary alicyclic amines) is 1. The van der Waals surface area contributed by atoms with Gasteiger partial charge in [-0.2, -0.15) is 0 Å². The molecule has 0 saturated carbocycles. The minimum Gasteiger partial charge on any atom is -0.361 e. The maximum Gasteiger partial charge on any atom is 0.256 e. The van der Waals surface area contributed by atoms with Crippen LogP contribution < -0.4 is 5.32 Å². The zero-order chi connectivity index (χ0) is 12.3. The average Bonchev–Trinajstić information content (AvgIpc) is 2.74. The third-order valence-corrected chi connectivity index (χ3v) is 3.38. The quantitative estimate of drug-likeness (QED) is 0.854. The highest BCUT2D eigenvalue weighted by Crippen LogP contribution is 2.15. The van der Waals surface area contributed by atoms with E-state index in [1.165, 1.54) is 6.20 Å². The van der Waals surface area contributed by atoms with Crippen LogP contribution >= 0.6 is 0 Å². The van der Waals surface area contributed by atoms with Crippen molar-refractivity contribution in [2.75, 3.05) is 26.7 Å². The van der Waals surface area contributed by atoms with Crippen molar-refractivity contribution >= 4 is 5.91 Å². The van der Waals surface area contributed by atoms with Crippen LogP contribution in [0.25, 0.3) is 0 Å². The first kappa shape index (κ1) is 12.1. The van der Waals surface area contributed by atoms with E-state index in [4.69, 9.17) is 4.52 Å². The molecule has 1 amide bonds. The third-order valence-electron chi connectivity index (χ3n) is 3.38. The lowest BCUT2D eigenvalue weighted by Crippen LogP contribution is -2.36. The maximum absolute atomic E-state index is 11.8. The Labute approximate surface area is 101 Å². The molecule has 0 bridgehead atoms. The summed E-state index contributed by atoms with van der Waals surface area (Å²) in [6.45, 7) is 4.73. The van der Waals surface area contributed by atoms with E-state index >= 15 is 0 Å². The van der Waals surface area contributed by atoms with Crippen LogP contribution in [0.2, 0.25) is 0 Å². The van der Waals surface area contributed by atoms with Gasteiger partial charge in [-0.1, -0.05) is 5.16 Å². The summed E-state index contributed by atoms with van der Waals surface area (Å²) in [5.74, 6) is 1.09. The molecule has 1 aromatic heterocycles. The van der Waals surface area contributed by atoms with Gasteiger partial charge >= 0.3 is 0 Å². The molecule has 0 aliphatic carbocycles. The lowest BCUT2D eigenvalue weighted by atomic mass is 9.97. The standard InChI is InChI=1S/C12H19N3O2/c1-9-11(8-14-17-9)12(16)13-7-10-3-5-15(2)6-4-10/h8,10H,3-7H2,1-2H3,(H,13,16). The maximum atomic E-state index is 11.8. The van der Waals surface area contributed by atoms with E-state index < -0.39 is 0 Å². The van der Waals surface area contributed by atoms with Crippen LogP contribution in [0.1, 0.15) is 29.0 Å². The highest BCUT2D eigenvalue weighted by molar-refractivity contribution is 5.94. The summed E-state index contributed by atoms with van der Waals surface area (Å²) in [6.07, 6.45) is 3.78. The second-order valence-electron chi connectivity index (χ2n) is 4.75. The normalized spacial score (nSPS) is 18.2. The Morgan fingerprint density at radius 1 is 1.59 bits per heavy atom. The fourth-order valence-corrected chi connectivity index (χ4v) is 2.12. The van der Waals surface area contributed by atoms with Gasteiger partial charge < -0.3 is 14.7 Å². The van der Waals surface area contributed by atoms with Gasteiger partial charge in [-0.3, -0.25) is 4.79 Å². The van der Waals surface area contributed by atoms with Crippen molar-refractivity contribution in [3.8, 4) is 0 Å². The Kier molecular flexibility index (Phi) is 3.78. The molecule has 0 aromatic carbocycles. The largest absolute Gasteiger partial charge is 0.361 e. The lowest BCUT2D eigenvalue weighted by Gasteiger charge is -2.28. The van der Waals surface area contributed by atoms with Crippen molar-refractivity contribution in [1.82, 2.24) is 15.4 Å². The van der Waals surface area contributed by atoms with Gasteiger partial charge in [0.1, 0.15) is 11.3 Å². The lowest BCUT2D eigenvalue weighted by molar-refractivity contribution is 0.0937. The Bertz CT molecular complexity index is 381. The molecule has 2 heterocycles. The molecule has 1 aliphatic rings. The highest BCUT2D eigenvalue weighted by atomic mass is 16.5. The molecular weight excluding hydrogens is 218 g/mol. The molecule has 0 spiro atoms. The number of rotatable bonds is 3. The Balaban J connectivity index is 1.79. The van der Waals surface area contributed by atoms with Crippen LogP contribution in [-0.4, -0.2) is 42.6 Å². The molecule has 1 aromatic rings. The van der Waals surface area contributed by atoms with Gasteiger partial charge in [0.25, 0.3) is 5.91 Å². The SMILES string of the molecule is Cc1oncc1C(=O)NCC1CCN(C)CC1. The summed E-state index contributed by atoms with van der Waals surface area (Å²) < 4.78 is 4.87. The molecule has 0 unspecified atom stereocenters. The Hall–Kier alpha value is -1.36. The van der Waals surface area contributed by atoms with Gasteiger partial charge in [-0.05, 0) is 45.8 Å². The highest BCUT2D eigenvalue weighted by Gasteiger charge is 2.18. The van der Waals surface area contributed by atoms with E-state index in [1.54, 1.807) is 6.92 Å². The van der Waals surface area contributed by atoms with Gasteiger partial charge in [0.15, 0.2) is 0 Å². The Morgan fingerprint density at radius 2 is 2.29 bits per heavy atom. The molecule has 1 fully saturated rings. The van der Waals surface area contributed by atoms with Crippen molar-refractivity contribution in [2.24, 2.45) is 5.92 Å². The van der Waals surface area contributed by atoms with Crippen LogP contribution in [0.3, 0.4) is 0 Å². The van der Waals surface area contributed by atoms with Crippen LogP contribution in [-0.2, 0) is 0 Å². The number of piperidine rings is 1. The van der Waals surface area contributed by atoms with Crippen molar-refractivity contribution in [1.29, 1.82) is 0 Å². The van der Waals surface area contributed by atoms with Crippen LogP contribution in [0, 0.1) is 12.8 Å². The number of carbonyl (C=O) groups is 1. The van der Waals surface area contributed by atoms with Gasteiger partial charge in [-0.15, -0.1) is 0 Å². The minimum atomic E-state index is -0.0809. The summed E-state index contributed by atoms with van der Waals surface area (Å²) in [7, 11) is 2.13. The molecule has 94 valence electrons. The molecule has 5 heteroatoms. The molecular formula is C12H19N3O2. The Morgan fingerprint density at radius 3 is 2.88 bits per heavy atom. The van der Waals surface area contributed by atoms with E-state index in [1.807, 2.05) is 0 Å². The minimum absolute atomic E-state index is 0.0809. The zero-order valence-electron chi connectivity index (χ0n) is 10.4. The number of hydrogen-bond acceptors (Lipinski definition) is 4. The summed E-state index contributed by atoms with van der Waals surface area (Å²) in [5.41, 5.74) is 0.540. The number of nitrogens with one attached hydrogen (secondary N) is 1. The zero-order valence-corrected chi connectivity index (χ0v) is 10.4. The van der Waals surface area contributed by atoms with Gasteiger partial charge in [0.05, 0.1) is 6.20 Å². The second-order valence-corrected chi connectivity index (χ2v) is 4.75. The topological polar surface area (TPSA) is 58.4 Å². The summed E-state index contributed by atoms with van der Waals surface area (Å²) in [6, 6.07) is 0. The molecule has 2 rings (SSSR count). The number of aryl methyl sites for hydroxylation is 1. The van der Waals surface area contributed by atoms with E-state index in [-0.39, 0.29) is 5.91 Å². The van der Waals surface area contributed by atoms with E-state index in [9.17, 15) is 4.79 Å². The molecule has 1 saturated heterocycles. The monoisotopic (exact) mass is 237 g/mol. The predicted molar refractivity (Wildman–Crippen MR) is 63.8 cm³/mol. The molecule has 0 atom stereocenters.